The molecule has 3 fully saturated rings. The van der Waals surface area contributed by atoms with Gasteiger partial charge < -0.3 is 5.11 Å². The molecule has 250 valence electrons. The summed E-state index contributed by atoms with van der Waals surface area (Å²) in [5, 5.41) is 19.6. The van der Waals surface area contributed by atoms with Gasteiger partial charge in [-0.2, -0.15) is 22.0 Å². The van der Waals surface area contributed by atoms with Gasteiger partial charge >= 0.3 is 207 Å². The van der Waals surface area contributed by atoms with Gasteiger partial charge in [-0.05, 0) is 19.3 Å². The van der Waals surface area contributed by atoms with Gasteiger partial charge in [0, 0.05) is 6.42 Å². The number of phenolic OH excluding ortho intramolecular Hbond substituents is 1. The van der Waals surface area contributed by atoms with E-state index in [1.54, 1.807) is 0 Å². The van der Waals surface area contributed by atoms with Crippen molar-refractivity contribution in [2.45, 2.75) is 138 Å². The second kappa shape index (κ2) is 13.5. The van der Waals surface area contributed by atoms with Gasteiger partial charge in [0.25, 0.3) is 0 Å². The number of carbonyl (C=O) groups is 1. The Labute approximate surface area is 269 Å². The quantitative estimate of drug-likeness (QED) is 0.0892. The Bertz CT molecular complexity index is 1150. The summed E-state index contributed by atoms with van der Waals surface area (Å²) in [6.45, 7) is 2.64. The van der Waals surface area contributed by atoms with Crippen molar-refractivity contribution in [3.8, 4) is 5.75 Å². The van der Waals surface area contributed by atoms with Crippen LogP contribution in [0, 0.1) is 29.1 Å². The Balaban J connectivity index is 1.03. The molecule has 1 spiro atoms. The van der Waals surface area contributed by atoms with Crippen LogP contribution in [0.1, 0.15) is 127 Å². The number of aromatic hydroxyl groups is 1. The molecule has 1 heterocycles. The summed E-state index contributed by atoms with van der Waals surface area (Å²) in [4.78, 5) is 11.5. The van der Waals surface area contributed by atoms with E-state index >= 15 is 0 Å². The average molecular weight is 740 g/mol. The Morgan fingerprint density at radius 3 is 2.30 bits per heavy atom. The SMILES string of the molecule is C[C@]12CCC3c4ccc(O)cc4C[C@@H](CCCCCCCCCC(CCCC(F)(F)C(F)(F)F)C(=O)O)C3C1C[I-]C21CC1. The molecule has 6 atom stereocenters. The van der Waals surface area contributed by atoms with E-state index in [1.165, 1.54) is 60.5 Å². The number of alkyl halides is 7. The van der Waals surface area contributed by atoms with Crippen LogP contribution in [0.3, 0.4) is 0 Å². The first-order valence-corrected chi connectivity index (χ1v) is 19.5. The number of hydrogen-bond acceptors (Lipinski definition) is 2. The minimum absolute atomic E-state index is 0.156. The van der Waals surface area contributed by atoms with Gasteiger partial charge in [-0.25, -0.2) is 0 Å². The summed E-state index contributed by atoms with van der Waals surface area (Å²) in [5.41, 5.74) is 3.41. The summed E-state index contributed by atoms with van der Waals surface area (Å²) in [5.74, 6) is -3.43. The zero-order valence-corrected chi connectivity index (χ0v) is 28.1. The standard InChI is InChI=1S/C35H49F5IO3/c1-32-17-15-28-27-14-13-26(42)21-25(27)20-24(30(28)29(32)22-41-33(32)18-19-33)11-8-6-4-2-3-5-7-10-23(31(43)44)12-9-16-34(36,37)35(38,39)40/h13-14,21,23-24,28-30,42H,2-12,15-20,22H2,1H3,(H,43,44)/q-1/t23?,24-,28?,29?,30?,32+/m1/s1. The van der Waals surface area contributed by atoms with Crippen molar-refractivity contribution >= 4 is 5.97 Å². The normalized spacial score (nSPS) is 29.8. The first-order valence-electron chi connectivity index (χ1n) is 16.9. The second-order valence-electron chi connectivity index (χ2n) is 14.5. The molecule has 5 rings (SSSR count). The number of benzene rings is 1. The van der Waals surface area contributed by atoms with E-state index in [0.717, 1.165) is 47.4 Å². The number of fused-ring (bicyclic) bond motifs is 6. The molecule has 1 aromatic carbocycles. The predicted molar refractivity (Wildman–Crippen MR) is 157 cm³/mol. The van der Waals surface area contributed by atoms with Gasteiger partial charge in [0.05, 0.1) is 5.92 Å². The van der Waals surface area contributed by atoms with Crippen LogP contribution in [0.2, 0.25) is 0 Å². The number of unbranched alkanes of at least 4 members (excludes halogenated alkanes) is 6. The van der Waals surface area contributed by atoms with E-state index in [4.69, 9.17) is 0 Å². The molecular formula is C35H49F5IO3-. The molecule has 9 heteroatoms. The fourth-order valence-corrected chi connectivity index (χ4v) is 14.7. The van der Waals surface area contributed by atoms with Crippen LogP contribution in [0.4, 0.5) is 22.0 Å². The predicted octanol–water partition coefficient (Wildman–Crippen LogP) is 6.90. The maximum absolute atomic E-state index is 13.1. The van der Waals surface area contributed by atoms with Gasteiger partial charge in [0.1, 0.15) is 0 Å². The molecule has 0 bridgehead atoms. The van der Waals surface area contributed by atoms with Crippen LogP contribution in [-0.4, -0.2) is 36.1 Å². The summed E-state index contributed by atoms with van der Waals surface area (Å²) < 4.78 is 65.6. The molecule has 1 saturated heterocycles. The molecule has 2 saturated carbocycles. The van der Waals surface area contributed by atoms with Crippen molar-refractivity contribution in [2.24, 2.45) is 29.1 Å². The van der Waals surface area contributed by atoms with Crippen LogP contribution in [0.5, 0.6) is 5.75 Å². The molecule has 3 nitrogen and oxygen atoms in total. The summed E-state index contributed by atoms with van der Waals surface area (Å²) in [6, 6.07) is 6.11. The maximum atomic E-state index is 13.1. The Hall–Kier alpha value is -1.13. The Morgan fingerprint density at radius 1 is 0.977 bits per heavy atom. The van der Waals surface area contributed by atoms with Crippen LogP contribution >= 0.6 is 0 Å². The van der Waals surface area contributed by atoms with Crippen LogP contribution in [0.25, 0.3) is 0 Å². The van der Waals surface area contributed by atoms with Crippen molar-refractivity contribution in [3.05, 3.63) is 29.3 Å². The van der Waals surface area contributed by atoms with E-state index in [2.05, 4.69) is 13.0 Å². The zero-order chi connectivity index (χ0) is 31.8. The van der Waals surface area contributed by atoms with Crippen LogP contribution in [0.15, 0.2) is 18.2 Å². The average Bonchev–Trinajstić information content (AvgIpc) is 3.69. The van der Waals surface area contributed by atoms with Gasteiger partial charge in [-0.15, -0.1) is 0 Å². The number of carboxylic acid groups (broad SMARTS) is 1. The molecule has 4 aliphatic rings. The molecule has 0 aromatic heterocycles. The van der Waals surface area contributed by atoms with E-state index in [9.17, 15) is 37.0 Å². The van der Waals surface area contributed by atoms with Crippen molar-refractivity contribution in [1.82, 2.24) is 0 Å². The van der Waals surface area contributed by atoms with Gasteiger partial charge in [0.2, 0.25) is 0 Å². The monoisotopic (exact) mass is 739 g/mol. The molecule has 0 amide bonds. The van der Waals surface area contributed by atoms with Gasteiger partial charge in [-0.1, -0.05) is 0 Å². The number of rotatable bonds is 15. The third-order valence-electron chi connectivity index (χ3n) is 11.9. The zero-order valence-electron chi connectivity index (χ0n) is 25.9. The van der Waals surface area contributed by atoms with Gasteiger partial charge in [0.15, 0.2) is 0 Å². The fraction of sp³-hybridized carbons (Fsp3) is 0.800. The first-order chi connectivity index (χ1) is 20.8. The van der Waals surface area contributed by atoms with Crippen molar-refractivity contribution < 1.29 is 58.2 Å². The van der Waals surface area contributed by atoms with E-state index in [1.807, 2.05) is 12.1 Å². The minimum atomic E-state index is -5.59. The van der Waals surface area contributed by atoms with Crippen molar-refractivity contribution in [2.75, 3.05) is 4.43 Å². The number of hydrogen-bond donors (Lipinski definition) is 2. The van der Waals surface area contributed by atoms with Crippen LogP contribution < -0.4 is 21.2 Å². The number of halogens is 6. The molecule has 1 aromatic rings. The number of carboxylic acids is 1. The molecule has 1 aliphatic heterocycles. The van der Waals surface area contributed by atoms with Crippen LogP contribution in [-0.2, 0) is 11.2 Å². The third-order valence-corrected chi connectivity index (χ3v) is 17.1. The summed E-state index contributed by atoms with van der Waals surface area (Å²) in [6.07, 6.45) is 7.72. The molecule has 0 radical (unpaired) electrons. The first kappa shape index (κ1) is 34.2. The molecule has 4 unspecified atom stereocenters. The fourth-order valence-electron chi connectivity index (χ4n) is 9.21. The molecule has 3 aliphatic carbocycles. The van der Waals surface area contributed by atoms with E-state index in [-0.39, 0.29) is 27.6 Å². The van der Waals surface area contributed by atoms with E-state index in [0.29, 0.717) is 35.8 Å². The number of phenols is 1. The van der Waals surface area contributed by atoms with Crippen molar-refractivity contribution in [3.63, 3.8) is 0 Å². The second-order valence-corrected chi connectivity index (χ2v) is 18.2. The Kier molecular flexibility index (Phi) is 10.5. The number of aliphatic carboxylic acids is 1. The summed E-state index contributed by atoms with van der Waals surface area (Å²) >= 11 is 0.285. The van der Waals surface area contributed by atoms with Gasteiger partial charge in [-0.3, -0.25) is 4.79 Å². The van der Waals surface area contributed by atoms with Crippen molar-refractivity contribution in [1.29, 1.82) is 0 Å². The summed E-state index contributed by atoms with van der Waals surface area (Å²) in [7, 11) is 0. The third kappa shape index (κ3) is 7.07. The topological polar surface area (TPSA) is 57.5 Å². The Morgan fingerprint density at radius 2 is 1.64 bits per heavy atom. The molecular weight excluding hydrogens is 690 g/mol. The molecule has 2 N–H and O–H groups in total. The van der Waals surface area contributed by atoms with E-state index < -0.39 is 36.8 Å². The molecule has 44 heavy (non-hydrogen) atoms.